The minimum absolute atomic E-state index is 0.198. The zero-order valence-corrected chi connectivity index (χ0v) is 18.8. The van der Waals surface area contributed by atoms with Crippen LogP contribution < -0.4 is 10.2 Å². The molecule has 1 aliphatic rings. The van der Waals surface area contributed by atoms with Crippen LogP contribution in [0.5, 0.6) is 0 Å². The number of aromatic nitrogens is 3. The van der Waals surface area contributed by atoms with Crippen molar-refractivity contribution in [2.45, 2.75) is 27.3 Å². The molecular weight excluding hydrogens is 402 g/mol. The molecule has 0 unspecified atom stereocenters. The number of hydrogen-bond donors (Lipinski definition) is 1. The summed E-state index contributed by atoms with van der Waals surface area (Å²) in [6.07, 6.45) is 5.06. The first kappa shape index (κ1) is 21.8. The Morgan fingerprint density at radius 1 is 1.09 bits per heavy atom. The van der Waals surface area contributed by atoms with Gasteiger partial charge in [0.25, 0.3) is 0 Å². The van der Waals surface area contributed by atoms with Gasteiger partial charge in [-0.1, -0.05) is 29.8 Å². The molecule has 0 atom stereocenters. The summed E-state index contributed by atoms with van der Waals surface area (Å²) in [6.45, 7) is 9.86. The van der Waals surface area contributed by atoms with Gasteiger partial charge in [-0.15, -0.1) is 0 Å². The first-order valence-electron chi connectivity index (χ1n) is 10.9. The molecular formula is C25H29N5O2. The molecule has 0 spiro atoms. The zero-order valence-electron chi connectivity index (χ0n) is 18.8. The summed E-state index contributed by atoms with van der Waals surface area (Å²) < 4.78 is 7.35. The lowest BCUT2D eigenvalue weighted by Gasteiger charge is -2.27. The third-order valence-electron chi connectivity index (χ3n) is 5.64. The normalized spacial score (nSPS) is 14.2. The van der Waals surface area contributed by atoms with Crippen molar-refractivity contribution in [3.8, 4) is 0 Å². The Balaban J connectivity index is 1.39. The lowest BCUT2D eigenvalue weighted by molar-refractivity contribution is -0.111. The molecule has 0 aliphatic carbocycles. The van der Waals surface area contributed by atoms with Gasteiger partial charge in [0.2, 0.25) is 5.91 Å². The highest BCUT2D eigenvalue weighted by molar-refractivity contribution is 6.02. The van der Waals surface area contributed by atoms with Crippen LogP contribution in [0.1, 0.15) is 28.1 Å². The van der Waals surface area contributed by atoms with Gasteiger partial charge < -0.3 is 15.0 Å². The standard InChI is InChI=1S/C25H29N5O2/c1-18-4-6-21(7-5-18)17-30-20(3)23(19(2)28-30)9-11-25(31)27-22-8-10-24(26-16-22)29-12-14-32-15-13-29/h4-11,16H,12-15,17H2,1-3H3,(H,27,31)/b11-9+. The van der Waals surface area contributed by atoms with Gasteiger partial charge in [0, 0.05) is 30.4 Å². The zero-order chi connectivity index (χ0) is 22.5. The maximum atomic E-state index is 12.4. The average molecular weight is 432 g/mol. The molecule has 7 heteroatoms. The largest absolute Gasteiger partial charge is 0.378 e. The van der Waals surface area contributed by atoms with Crippen molar-refractivity contribution in [3.63, 3.8) is 0 Å². The van der Waals surface area contributed by atoms with Crippen LogP contribution in [0.25, 0.3) is 6.08 Å². The topological polar surface area (TPSA) is 72.3 Å². The van der Waals surface area contributed by atoms with Crippen LogP contribution in [0.2, 0.25) is 0 Å². The van der Waals surface area contributed by atoms with Crippen LogP contribution in [-0.2, 0) is 16.1 Å². The molecule has 1 aliphatic heterocycles. The van der Waals surface area contributed by atoms with E-state index in [1.165, 1.54) is 11.1 Å². The fraction of sp³-hybridized carbons (Fsp3) is 0.320. The van der Waals surface area contributed by atoms with E-state index in [4.69, 9.17) is 4.74 Å². The van der Waals surface area contributed by atoms with E-state index in [1.807, 2.05) is 36.7 Å². The predicted octanol–water partition coefficient (Wildman–Crippen LogP) is 3.74. The summed E-state index contributed by atoms with van der Waals surface area (Å²) in [6, 6.07) is 12.2. The Kier molecular flexibility index (Phi) is 6.66. The number of ether oxygens (including phenoxy) is 1. The molecule has 1 amide bonds. The number of carbonyl (C=O) groups excluding carboxylic acids is 1. The number of hydrogen-bond acceptors (Lipinski definition) is 5. The first-order chi connectivity index (χ1) is 15.5. The Hall–Kier alpha value is -3.45. The maximum absolute atomic E-state index is 12.4. The number of carbonyl (C=O) groups is 1. The second-order valence-corrected chi connectivity index (χ2v) is 8.05. The quantitative estimate of drug-likeness (QED) is 0.602. The minimum atomic E-state index is -0.198. The van der Waals surface area contributed by atoms with Crippen LogP contribution in [-0.4, -0.2) is 47.0 Å². The van der Waals surface area contributed by atoms with Gasteiger partial charge in [0.05, 0.1) is 37.3 Å². The molecule has 1 saturated heterocycles. The molecule has 0 radical (unpaired) electrons. The summed E-state index contributed by atoms with van der Waals surface area (Å²) in [4.78, 5) is 19.1. The summed E-state index contributed by atoms with van der Waals surface area (Å²) in [7, 11) is 0. The number of nitrogens with one attached hydrogen (secondary N) is 1. The van der Waals surface area contributed by atoms with E-state index in [9.17, 15) is 4.79 Å². The summed E-state index contributed by atoms with van der Waals surface area (Å²) in [5, 5.41) is 7.53. The Morgan fingerprint density at radius 3 is 2.53 bits per heavy atom. The highest BCUT2D eigenvalue weighted by Gasteiger charge is 2.13. The Bertz CT molecular complexity index is 1090. The van der Waals surface area contributed by atoms with Gasteiger partial charge in [-0.2, -0.15) is 5.10 Å². The van der Waals surface area contributed by atoms with E-state index >= 15 is 0 Å². The molecule has 1 N–H and O–H groups in total. The molecule has 1 fully saturated rings. The van der Waals surface area contributed by atoms with Gasteiger partial charge in [-0.25, -0.2) is 4.98 Å². The molecule has 0 saturated carbocycles. The number of amides is 1. The lowest BCUT2D eigenvalue weighted by atomic mass is 10.1. The molecule has 0 bridgehead atoms. The van der Waals surface area contributed by atoms with Gasteiger partial charge in [-0.3, -0.25) is 9.48 Å². The van der Waals surface area contributed by atoms with Gasteiger partial charge >= 0.3 is 0 Å². The second kappa shape index (κ2) is 9.78. The molecule has 1 aromatic carbocycles. The molecule has 2 aromatic heterocycles. The van der Waals surface area contributed by atoms with Gasteiger partial charge in [0.15, 0.2) is 0 Å². The van der Waals surface area contributed by atoms with Crippen molar-refractivity contribution in [2.75, 3.05) is 36.5 Å². The van der Waals surface area contributed by atoms with E-state index in [-0.39, 0.29) is 5.91 Å². The Morgan fingerprint density at radius 2 is 1.84 bits per heavy atom. The van der Waals surface area contributed by atoms with Crippen LogP contribution in [0.15, 0.2) is 48.7 Å². The average Bonchev–Trinajstić information content (AvgIpc) is 3.07. The van der Waals surface area contributed by atoms with Gasteiger partial charge in [0.1, 0.15) is 5.82 Å². The SMILES string of the molecule is Cc1ccc(Cn2nc(C)c(/C=C/C(=O)Nc3ccc(N4CCOCC4)nc3)c2C)cc1. The number of rotatable bonds is 6. The maximum Gasteiger partial charge on any atom is 0.248 e. The van der Waals surface area contributed by atoms with E-state index in [0.29, 0.717) is 25.4 Å². The van der Waals surface area contributed by atoms with Crippen molar-refractivity contribution in [1.29, 1.82) is 0 Å². The molecule has 3 heterocycles. The highest BCUT2D eigenvalue weighted by atomic mass is 16.5. The van der Waals surface area contributed by atoms with Crippen LogP contribution >= 0.6 is 0 Å². The third-order valence-corrected chi connectivity index (χ3v) is 5.64. The molecule has 7 nitrogen and oxygen atoms in total. The van der Waals surface area contributed by atoms with Crippen molar-refractivity contribution in [1.82, 2.24) is 14.8 Å². The van der Waals surface area contributed by atoms with Gasteiger partial charge in [-0.05, 0) is 44.5 Å². The van der Waals surface area contributed by atoms with E-state index in [2.05, 4.69) is 51.5 Å². The molecule has 166 valence electrons. The number of aryl methyl sites for hydroxylation is 2. The number of anilines is 2. The van der Waals surface area contributed by atoms with Crippen molar-refractivity contribution in [3.05, 3.63) is 76.7 Å². The number of pyridine rings is 1. The van der Waals surface area contributed by atoms with Crippen molar-refractivity contribution < 1.29 is 9.53 Å². The summed E-state index contributed by atoms with van der Waals surface area (Å²) >= 11 is 0. The minimum Gasteiger partial charge on any atom is -0.378 e. The highest BCUT2D eigenvalue weighted by Crippen LogP contribution is 2.18. The number of nitrogens with zero attached hydrogens (tertiary/aromatic N) is 4. The van der Waals surface area contributed by atoms with Crippen LogP contribution in [0.3, 0.4) is 0 Å². The molecule has 4 rings (SSSR count). The number of morpholine rings is 1. The first-order valence-corrected chi connectivity index (χ1v) is 10.9. The number of benzene rings is 1. The second-order valence-electron chi connectivity index (χ2n) is 8.05. The van der Waals surface area contributed by atoms with E-state index in [0.717, 1.165) is 35.9 Å². The molecule has 3 aromatic rings. The van der Waals surface area contributed by atoms with Crippen molar-refractivity contribution in [2.24, 2.45) is 0 Å². The van der Waals surface area contributed by atoms with E-state index < -0.39 is 0 Å². The predicted molar refractivity (Wildman–Crippen MR) is 127 cm³/mol. The smallest absolute Gasteiger partial charge is 0.248 e. The fourth-order valence-electron chi connectivity index (χ4n) is 3.75. The van der Waals surface area contributed by atoms with Crippen LogP contribution in [0.4, 0.5) is 11.5 Å². The van der Waals surface area contributed by atoms with Crippen molar-refractivity contribution >= 4 is 23.5 Å². The van der Waals surface area contributed by atoms with Crippen LogP contribution in [0, 0.1) is 20.8 Å². The fourth-order valence-corrected chi connectivity index (χ4v) is 3.75. The molecule has 32 heavy (non-hydrogen) atoms. The Labute approximate surface area is 188 Å². The van der Waals surface area contributed by atoms with E-state index in [1.54, 1.807) is 12.3 Å². The summed E-state index contributed by atoms with van der Waals surface area (Å²) in [5.41, 5.74) is 6.00. The third kappa shape index (κ3) is 5.23. The summed E-state index contributed by atoms with van der Waals surface area (Å²) in [5.74, 6) is 0.699. The lowest BCUT2D eigenvalue weighted by Crippen LogP contribution is -2.36. The monoisotopic (exact) mass is 431 g/mol.